The normalized spacial score (nSPS) is 10.5. The number of benzene rings is 1. The zero-order valence-electron chi connectivity index (χ0n) is 13.5. The quantitative estimate of drug-likeness (QED) is 0.502. The number of amides is 1. The maximum Gasteiger partial charge on any atom is 0.362 e. The van der Waals surface area contributed by atoms with E-state index in [1.54, 1.807) is 29.1 Å². The number of rotatable bonds is 6. The highest BCUT2D eigenvalue weighted by atomic mass is 35.5. The van der Waals surface area contributed by atoms with Gasteiger partial charge in [-0.3, -0.25) is 24.7 Å². The van der Waals surface area contributed by atoms with Crippen molar-refractivity contribution in [1.29, 1.82) is 0 Å². The predicted molar refractivity (Wildman–Crippen MR) is 92.5 cm³/mol. The molecular weight excluding hydrogens is 364 g/mol. The van der Waals surface area contributed by atoms with E-state index in [0.717, 1.165) is 5.56 Å². The smallest absolute Gasteiger partial charge is 0.362 e. The molecule has 3 aromatic rings. The summed E-state index contributed by atoms with van der Waals surface area (Å²) in [6.45, 7) is 0.477. The highest BCUT2D eigenvalue weighted by molar-refractivity contribution is 6.30. The Morgan fingerprint density at radius 1 is 1.38 bits per heavy atom. The number of aromatic amines is 1. The molecule has 0 saturated carbocycles. The van der Waals surface area contributed by atoms with E-state index in [2.05, 4.69) is 20.6 Å². The molecule has 11 heteroatoms. The minimum absolute atomic E-state index is 0.242. The minimum Gasteiger partial charge on any atom is -0.475 e. The summed E-state index contributed by atoms with van der Waals surface area (Å²) in [5.41, 5.74) is 0.119. The van der Waals surface area contributed by atoms with Gasteiger partial charge in [-0.1, -0.05) is 23.7 Å². The van der Waals surface area contributed by atoms with E-state index in [1.165, 1.54) is 7.11 Å². The van der Waals surface area contributed by atoms with Crippen LogP contribution >= 0.6 is 11.6 Å². The van der Waals surface area contributed by atoms with E-state index < -0.39 is 16.5 Å². The predicted octanol–water partition coefficient (Wildman–Crippen LogP) is 2.48. The molecular formula is C15H13ClN6O4. The number of nitro groups is 1. The lowest BCUT2D eigenvalue weighted by atomic mass is 10.2. The van der Waals surface area contributed by atoms with Gasteiger partial charge < -0.3 is 10.1 Å². The summed E-state index contributed by atoms with van der Waals surface area (Å²) in [4.78, 5) is 22.6. The van der Waals surface area contributed by atoms with Crippen LogP contribution in [-0.2, 0) is 6.54 Å². The number of nitrogens with one attached hydrogen (secondary N) is 2. The van der Waals surface area contributed by atoms with Crippen LogP contribution in [0.4, 0.5) is 11.5 Å². The molecule has 26 heavy (non-hydrogen) atoms. The highest BCUT2D eigenvalue weighted by Gasteiger charge is 2.30. The van der Waals surface area contributed by atoms with Gasteiger partial charge in [0.25, 0.3) is 5.91 Å². The van der Waals surface area contributed by atoms with Gasteiger partial charge in [0.15, 0.2) is 5.82 Å². The first-order chi connectivity index (χ1) is 12.5. The molecule has 0 saturated heterocycles. The number of H-pyrrole nitrogens is 1. The average molecular weight is 377 g/mol. The van der Waals surface area contributed by atoms with Gasteiger partial charge in [-0.15, -0.1) is 5.10 Å². The molecule has 0 radical (unpaired) electrons. The van der Waals surface area contributed by atoms with Crippen molar-refractivity contribution in [2.75, 3.05) is 12.4 Å². The third-order valence-electron chi connectivity index (χ3n) is 3.45. The number of carbonyl (C=O) groups is 1. The molecule has 10 nitrogen and oxygen atoms in total. The fourth-order valence-corrected chi connectivity index (χ4v) is 2.39. The van der Waals surface area contributed by atoms with Crippen molar-refractivity contribution in [3.05, 3.63) is 62.9 Å². The summed E-state index contributed by atoms with van der Waals surface area (Å²) >= 11 is 5.85. The number of ether oxygens (including phenoxy) is 1. The third kappa shape index (κ3) is 3.64. The van der Waals surface area contributed by atoms with Crippen molar-refractivity contribution in [2.24, 2.45) is 0 Å². The lowest BCUT2D eigenvalue weighted by Gasteiger charge is -2.02. The number of nitrogens with zero attached hydrogens (tertiary/aromatic N) is 4. The van der Waals surface area contributed by atoms with E-state index in [1.807, 2.05) is 12.1 Å². The van der Waals surface area contributed by atoms with Crippen LogP contribution < -0.4 is 10.1 Å². The fourth-order valence-electron chi connectivity index (χ4n) is 2.26. The Kier molecular flexibility index (Phi) is 4.85. The van der Waals surface area contributed by atoms with Gasteiger partial charge in [0.2, 0.25) is 5.69 Å². The summed E-state index contributed by atoms with van der Waals surface area (Å²) in [5, 5.41) is 24.3. The van der Waals surface area contributed by atoms with Crippen LogP contribution in [0.5, 0.6) is 5.88 Å². The molecule has 1 aromatic carbocycles. The first-order valence-corrected chi connectivity index (χ1v) is 7.71. The molecule has 0 aliphatic heterocycles. The molecule has 2 heterocycles. The monoisotopic (exact) mass is 376 g/mol. The number of anilines is 1. The standard InChI is InChI=1S/C15H13ClN6O4/c1-26-15-13(22(24)25)12(18-19-15)14(23)17-11-6-7-21(20-11)8-9-2-4-10(16)5-3-9/h2-7H,8H2,1H3,(H,18,19)(H,17,20,23). The Labute approximate surface area is 151 Å². The lowest BCUT2D eigenvalue weighted by molar-refractivity contribution is -0.386. The number of carbonyl (C=O) groups excluding carboxylic acids is 1. The SMILES string of the molecule is COc1n[nH]c(C(=O)Nc2ccn(Cc3ccc(Cl)cc3)n2)c1[N+](=O)[O-]. The molecule has 0 fully saturated rings. The Morgan fingerprint density at radius 3 is 2.77 bits per heavy atom. The summed E-state index contributed by atoms with van der Waals surface area (Å²) < 4.78 is 6.39. The van der Waals surface area contributed by atoms with Gasteiger partial charge in [-0.05, 0) is 17.7 Å². The van der Waals surface area contributed by atoms with Crippen LogP contribution in [0, 0.1) is 10.1 Å². The first kappa shape index (κ1) is 17.4. The lowest BCUT2D eigenvalue weighted by Crippen LogP contribution is -2.15. The van der Waals surface area contributed by atoms with Crippen molar-refractivity contribution in [1.82, 2.24) is 20.0 Å². The molecule has 0 atom stereocenters. The van der Waals surface area contributed by atoms with Crippen molar-refractivity contribution in [3.63, 3.8) is 0 Å². The van der Waals surface area contributed by atoms with Crippen molar-refractivity contribution in [3.8, 4) is 5.88 Å². The number of aromatic nitrogens is 4. The molecule has 3 rings (SSSR count). The topological polar surface area (TPSA) is 128 Å². The van der Waals surface area contributed by atoms with Crippen LogP contribution in [-0.4, -0.2) is 37.9 Å². The number of hydrogen-bond donors (Lipinski definition) is 2. The third-order valence-corrected chi connectivity index (χ3v) is 3.70. The van der Waals surface area contributed by atoms with Crippen molar-refractivity contribution in [2.45, 2.75) is 6.54 Å². The van der Waals surface area contributed by atoms with Crippen LogP contribution in [0.3, 0.4) is 0 Å². The van der Waals surface area contributed by atoms with Gasteiger partial charge in [0.1, 0.15) is 0 Å². The van der Waals surface area contributed by atoms with Gasteiger partial charge >= 0.3 is 11.6 Å². The molecule has 2 N–H and O–H groups in total. The van der Waals surface area contributed by atoms with Crippen LogP contribution in [0.15, 0.2) is 36.5 Å². The molecule has 2 aromatic heterocycles. The Balaban J connectivity index is 1.73. The summed E-state index contributed by atoms with van der Waals surface area (Å²) in [6.07, 6.45) is 1.67. The highest BCUT2D eigenvalue weighted by Crippen LogP contribution is 2.28. The van der Waals surface area contributed by atoms with E-state index in [9.17, 15) is 14.9 Å². The average Bonchev–Trinajstić information content (AvgIpc) is 3.23. The second-order valence-corrected chi connectivity index (χ2v) is 5.63. The van der Waals surface area contributed by atoms with E-state index in [-0.39, 0.29) is 17.4 Å². The summed E-state index contributed by atoms with van der Waals surface area (Å²) in [7, 11) is 1.23. The van der Waals surface area contributed by atoms with E-state index in [0.29, 0.717) is 11.6 Å². The summed E-state index contributed by atoms with van der Waals surface area (Å²) in [5.74, 6) is -0.774. The van der Waals surface area contributed by atoms with Gasteiger partial charge in [0.05, 0.1) is 18.6 Å². The second-order valence-electron chi connectivity index (χ2n) is 5.19. The molecule has 0 spiro atoms. The maximum atomic E-state index is 12.3. The summed E-state index contributed by atoms with van der Waals surface area (Å²) in [6, 6.07) is 8.85. The van der Waals surface area contributed by atoms with Crippen LogP contribution in [0.2, 0.25) is 5.02 Å². The molecule has 0 unspecified atom stereocenters. The Morgan fingerprint density at radius 2 is 2.12 bits per heavy atom. The molecule has 0 bridgehead atoms. The van der Waals surface area contributed by atoms with Gasteiger partial charge in [-0.2, -0.15) is 5.10 Å². The molecule has 0 aliphatic carbocycles. The van der Waals surface area contributed by atoms with E-state index >= 15 is 0 Å². The number of methoxy groups -OCH3 is 1. The second kappa shape index (κ2) is 7.23. The Bertz CT molecular complexity index is 949. The maximum absolute atomic E-state index is 12.3. The molecule has 0 aliphatic rings. The first-order valence-electron chi connectivity index (χ1n) is 7.34. The van der Waals surface area contributed by atoms with Gasteiger partial charge in [-0.25, -0.2) is 0 Å². The molecule has 134 valence electrons. The zero-order valence-corrected chi connectivity index (χ0v) is 14.2. The van der Waals surface area contributed by atoms with Gasteiger partial charge in [0, 0.05) is 17.3 Å². The van der Waals surface area contributed by atoms with Crippen LogP contribution in [0.1, 0.15) is 16.1 Å². The molecule has 1 amide bonds. The van der Waals surface area contributed by atoms with Crippen LogP contribution in [0.25, 0.3) is 0 Å². The fraction of sp³-hybridized carbons (Fsp3) is 0.133. The van der Waals surface area contributed by atoms with Crippen molar-refractivity contribution < 1.29 is 14.5 Å². The number of halogens is 1. The Hall–Kier alpha value is -3.40. The minimum atomic E-state index is -0.746. The van der Waals surface area contributed by atoms with Crippen molar-refractivity contribution >= 4 is 29.0 Å². The zero-order chi connectivity index (χ0) is 18.7. The number of hydrogen-bond acceptors (Lipinski definition) is 6. The largest absolute Gasteiger partial charge is 0.475 e. The van der Waals surface area contributed by atoms with E-state index in [4.69, 9.17) is 16.3 Å².